The van der Waals surface area contributed by atoms with Crippen LogP contribution in [0, 0.1) is 0 Å². The van der Waals surface area contributed by atoms with E-state index < -0.39 is 6.03 Å². The number of hydrogen-bond donors (Lipinski definition) is 3. The fourth-order valence-electron chi connectivity index (χ4n) is 2.56. The van der Waals surface area contributed by atoms with Gasteiger partial charge < -0.3 is 10.6 Å². The molecule has 3 N–H and O–H groups in total. The number of hydrogen-bond acceptors (Lipinski definition) is 3. The number of aromatic nitrogens is 2. The Hall–Kier alpha value is -3.61. The van der Waals surface area contributed by atoms with Gasteiger partial charge in [-0.15, -0.1) is 0 Å². The molecule has 0 aliphatic rings. The summed E-state index contributed by atoms with van der Waals surface area (Å²) in [6, 6.07) is 18.1. The Morgan fingerprint density at radius 1 is 0.885 bits per heavy atom. The second kappa shape index (κ2) is 7.52. The van der Waals surface area contributed by atoms with Gasteiger partial charge in [0.05, 0.1) is 5.69 Å². The molecule has 3 amide bonds. The van der Waals surface area contributed by atoms with Crippen molar-refractivity contribution in [2.45, 2.75) is 6.92 Å². The molecule has 0 bridgehead atoms. The molecule has 0 aliphatic heterocycles. The van der Waals surface area contributed by atoms with E-state index in [-0.39, 0.29) is 5.91 Å². The van der Waals surface area contributed by atoms with E-state index in [1.54, 1.807) is 28.9 Å². The Balaban J connectivity index is 1.68. The number of aryl methyl sites for hydroxylation is 1. The topological polar surface area (TPSA) is 88.0 Å². The van der Waals surface area contributed by atoms with Gasteiger partial charge in [-0.05, 0) is 23.8 Å². The molecule has 3 aromatic rings. The zero-order valence-corrected chi connectivity index (χ0v) is 14.5. The number of rotatable bonds is 4. The molecule has 1 heterocycles. The van der Waals surface area contributed by atoms with Crippen LogP contribution in [0.4, 0.5) is 22.0 Å². The van der Waals surface area contributed by atoms with Gasteiger partial charge in [0.25, 0.3) is 0 Å². The van der Waals surface area contributed by atoms with Crippen LogP contribution in [0.1, 0.15) is 6.92 Å². The predicted octanol–water partition coefficient (Wildman–Crippen LogP) is 3.69. The van der Waals surface area contributed by atoms with Crippen molar-refractivity contribution in [2.24, 2.45) is 7.05 Å². The summed E-state index contributed by atoms with van der Waals surface area (Å²) in [6.07, 6.45) is 0. The zero-order valence-electron chi connectivity index (χ0n) is 14.5. The SMILES string of the molecule is CC(=O)Nc1cccc(NC(=O)Nc2cc(-c3ccccc3)n(C)n2)c1. The molecule has 2 aromatic carbocycles. The molecule has 26 heavy (non-hydrogen) atoms. The Morgan fingerprint density at radius 2 is 1.58 bits per heavy atom. The molecule has 7 nitrogen and oxygen atoms in total. The maximum absolute atomic E-state index is 12.2. The van der Waals surface area contributed by atoms with Crippen molar-refractivity contribution in [1.29, 1.82) is 0 Å². The average Bonchev–Trinajstić information content (AvgIpc) is 2.95. The molecule has 1 aromatic heterocycles. The lowest BCUT2D eigenvalue weighted by Gasteiger charge is -2.08. The average molecular weight is 349 g/mol. The summed E-state index contributed by atoms with van der Waals surface area (Å²) in [5.74, 6) is 0.274. The first-order valence-corrected chi connectivity index (χ1v) is 8.06. The van der Waals surface area contributed by atoms with Crippen molar-refractivity contribution in [3.63, 3.8) is 0 Å². The number of carbonyl (C=O) groups excluding carboxylic acids is 2. The fourth-order valence-corrected chi connectivity index (χ4v) is 2.56. The molecular weight excluding hydrogens is 330 g/mol. The molecule has 0 unspecified atom stereocenters. The van der Waals surface area contributed by atoms with Crippen LogP contribution in [0.25, 0.3) is 11.3 Å². The molecule has 0 aliphatic carbocycles. The molecule has 0 saturated heterocycles. The Labute approximate surface area is 151 Å². The molecule has 0 atom stereocenters. The van der Waals surface area contributed by atoms with E-state index in [1.807, 2.05) is 43.4 Å². The third-order valence-electron chi connectivity index (χ3n) is 3.63. The minimum Gasteiger partial charge on any atom is -0.326 e. The smallest absolute Gasteiger partial charge is 0.324 e. The first-order chi connectivity index (χ1) is 12.5. The van der Waals surface area contributed by atoms with E-state index in [4.69, 9.17) is 0 Å². The van der Waals surface area contributed by atoms with Crippen molar-refractivity contribution in [3.05, 3.63) is 60.7 Å². The van der Waals surface area contributed by atoms with E-state index in [9.17, 15) is 9.59 Å². The summed E-state index contributed by atoms with van der Waals surface area (Å²) < 4.78 is 1.71. The lowest BCUT2D eigenvalue weighted by Crippen LogP contribution is -2.20. The predicted molar refractivity (Wildman–Crippen MR) is 102 cm³/mol. The van der Waals surface area contributed by atoms with Gasteiger partial charge in [0.2, 0.25) is 5.91 Å². The first-order valence-electron chi connectivity index (χ1n) is 8.06. The normalized spacial score (nSPS) is 10.2. The number of amides is 3. The summed E-state index contributed by atoms with van der Waals surface area (Å²) in [5, 5.41) is 12.4. The highest BCUT2D eigenvalue weighted by molar-refractivity contribution is 6.00. The first kappa shape index (κ1) is 17.2. The molecular formula is C19H19N5O2. The number of nitrogens with one attached hydrogen (secondary N) is 3. The number of urea groups is 1. The number of benzene rings is 2. The second-order valence-electron chi connectivity index (χ2n) is 5.75. The molecule has 0 fully saturated rings. The van der Waals surface area contributed by atoms with Gasteiger partial charge >= 0.3 is 6.03 Å². The van der Waals surface area contributed by atoms with Gasteiger partial charge in [-0.25, -0.2) is 4.79 Å². The van der Waals surface area contributed by atoms with Crippen molar-refractivity contribution in [3.8, 4) is 11.3 Å². The third-order valence-corrected chi connectivity index (χ3v) is 3.63. The van der Waals surface area contributed by atoms with Crippen LogP contribution in [0.15, 0.2) is 60.7 Å². The van der Waals surface area contributed by atoms with Crippen LogP contribution in [-0.4, -0.2) is 21.7 Å². The van der Waals surface area contributed by atoms with Crippen LogP contribution in [0.5, 0.6) is 0 Å². The highest BCUT2D eigenvalue weighted by Gasteiger charge is 2.10. The van der Waals surface area contributed by atoms with Gasteiger partial charge in [-0.1, -0.05) is 36.4 Å². The van der Waals surface area contributed by atoms with E-state index in [2.05, 4.69) is 21.0 Å². The molecule has 7 heteroatoms. The van der Waals surface area contributed by atoms with E-state index in [0.29, 0.717) is 17.2 Å². The van der Waals surface area contributed by atoms with Gasteiger partial charge in [-0.3, -0.25) is 14.8 Å². The van der Waals surface area contributed by atoms with Crippen molar-refractivity contribution in [1.82, 2.24) is 9.78 Å². The monoisotopic (exact) mass is 349 g/mol. The molecule has 0 saturated carbocycles. The van der Waals surface area contributed by atoms with Gasteiger partial charge in [0.15, 0.2) is 5.82 Å². The van der Waals surface area contributed by atoms with Crippen LogP contribution in [0.2, 0.25) is 0 Å². The highest BCUT2D eigenvalue weighted by atomic mass is 16.2. The van der Waals surface area contributed by atoms with Crippen molar-refractivity contribution >= 4 is 29.1 Å². The highest BCUT2D eigenvalue weighted by Crippen LogP contribution is 2.22. The molecule has 132 valence electrons. The van der Waals surface area contributed by atoms with Crippen LogP contribution >= 0.6 is 0 Å². The maximum Gasteiger partial charge on any atom is 0.324 e. The zero-order chi connectivity index (χ0) is 18.5. The molecule has 3 rings (SSSR count). The van der Waals surface area contributed by atoms with Crippen LogP contribution in [0.3, 0.4) is 0 Å². The Bertz CT molecular complexity index is 934. The standard InChI is InChI=1S/C19H19N5O2/c1-13(25)20-15-9-6-10-16(11-15)21-19(26)22-18-12-17(24(2)23-18)14-7-4-3-5-8-14/h3-12H,1-2H3,(H,20,25)(H2,21,22,23,26). The summed E-state index contributed by atoms with van der Waals surface area (Å²) in [5.41, 5.74) is 3.08. The molecule has 0 spiro atoms. The van der Waals surface area contributed by atoms with Crippen molar-refractivity contribution in [2.75, 3.05) is 16.0 Å². The largest absolute Gasteiger partial charge is 0.326 e. The van der Waals surface area contributed by atoms with Crippen LogP contribution in [-0.2, 0) is 11.8 Å². The maximum atomic E-state index is 12.2. The Kier molecular flexibility index (Phi) is 4.98. The van der Waals surface area contributed by atoms with Gasteiger partial charge in [0, 0.05) is 31.4 Å². The minimum absolute atomic E-state index is 0.173. The van der Waals surface area contributed by atoms with Gasteiger partial charge in [-0.2, -0.15) is 5.10 Å². The van der Waals surface area contributed by atoms with E-state index in [1.165, 1.54) is 6.92 Å². The van der Waals surface area contributed by atoms with Crippen molar-refractivity contribution < 1.29 is 9.59 Å². The lowest BCUT2D eigenvalue weighted by molar-refractivity contribution is -0.114. The lowest BCUT2D eigenvalue weighted by atomic mass is 10.1. The third kappa shape index (κ3) is 4.27. The quantitative estimate of drug-likeness (QED) is 0.671. The fraction of sp³-hybridized carbons (Fsp3) is 0.105. The summed E-state index contributed by atoms with van der Waals surface area (Å²) in [7, 11) is 1.82. The molecule has 0 radical (unpaired) electrons. The Morgan fingerprint density at radius 3 is 2.27 bits per heavy atom. The number of anilines is 3. The summed E-state index contributed by atoms with van der Waals surface area (Å²) >= 11 is 0. The number of carbonyl (C=O) groups is 2. The second-order valence-corrected chi connectivity index (χ2v) is 5.75. The number of nitrogens with zero attached hydrogens (tertiary/aromatic N) is 2. The minimum atomic E-state index is -0.414. The van der Waals surface area contributed by atoms with E-state index >= 15 is 0 Å². The summed E-state index contributed by atoms with van der Waals surface area (Å²) in [6.45, 7) is 1.43. The van der Waals surface area contributed by atoms with Gasteiger partial charge in [0.1, 0.15) is 0 Å². The summed E-state index contributed by atoms with van der Waals surface area (Å²) in [4.78, 5) is 23.3. The van der Waals surface area contributed by atoms with Crippen LogP contribution < -0.4 is 16.0 Å². The van der Waals surface area contributed by atoms with E-state index in [0.717, 1.165) is 11.3 Å².